The van der Waals surface area contributed by atoms with Crippen molar-refractivity contribution in [2.75, 3.05) is 4.90 Å². The Labute approximate surface area is 339 Å². The van der Waals surface area contributed by atoms with Crippen LogP contribution in [0.3, 0.4) is 0 Å². The molecule has 0 aromatic heterocycles. The van der Waals surface area contributed by atoms with Gasteiger partial charge in [-0.15, -0.1) is 0 Å². The highest BCUT2D eigenvalue weighted by Gasteiger charge is 2.20. The number of aryl methyl sites for hydroxylation is 3. The molecule has 0 unspecified atom stereocenters. The van der Waals surface area contributed by atoms with Crippen molar-refractivity contribution in [2.24, 2.45) is 0 Å². The molecule has 1 heteroatoms. The highest BCUT2D eigenvalue weighted by atomic mass is 15.1. The molecule has 11 rings (SSSR count). The summed E-state index contributed by atoms with van der Waals surface area (Å²) in [5.41, 5.74) is 14.6. The first kappa shape index (κ1) is 34.1. The van der Waals surface area contributed by atoms with Gasteiger partial charge >= 0.3 is 0 Å². The first-order valence-electron chi connectivity index (χ1n) is 20.2. The first-order chi connectivity index (χ1) is 28.5. The number of anilines is 3. The Bertz CT molecular complexity index is 3230. The zero-order valence-electron chi connectivity index (χ0n) is 32.9. The minimum atomic E-state index is 1.12. The van der Waals surface area contributed by atoms with Gasteiger partial charge < -0.3 is 4.90 Å². The normalized spacial score (nSPS) is 11.7. The maximum absolute atomic E-state index is 2.43. The lowest BCUT2D eigenvalue weighted by Gasteiger charge is -2.26. The summed E-state index contributed by atoms with van der Waals surface area (Å²) in [7, 11) is 0. The summed E-state index contributed by atoms with van der Waals surface area (Å²) in [4.78, 5) is 2.37. The monoisotopic (exact) mass is 739 g/mol. The summed E-state index contributed by atoms with van der Waals surface area (Å²) in [6.07, 6.45) is 0. The topological polar surface area (TPSA) is 3.24 Å². The molecule has 0 saturated heterocycles. The summed E-state index contributed by atoms with van der Waals surface area (Å²) in [6, 6.07) is 72.3. The lowest BCUT2D eigenvalue weighted by atomic mass is 9.84. The molecular formula is C57H41N. The SMILES string of the molecule is Cc1ccc(N(c2ccc(C)cc2)c2cccc(-c3c4ccccc4c(-c4cc(C)cc(-c5ccc6ccc7cccc8ccc5c6c78)c4)c4ccccc34)c2)cc1. The van der Waals surface area contributed by atoms with Crippen molar-refractivity contribution in [1.29, 1.82) is 0 Å². The summed E-state index contributed by atoms with van der Waals surface area (Å²) >= 11 is 0. The van der Waals surface area contributed by atoms with Crippen LogP contribution < -0.4 is 4.90 Å². The Kier molecular flexibility index (Phi) is 7.91. The van der Waals surface area contributed by atoms with Crippen molar-refractivity contribution >= 4 is 70.9 Å². The van der Waals surface area contributed by atoms with Gasteiger partial charge in [-0.25, -0.2) is 0 Å². The predicted molar refractivity (Wildman–Crippen MR) is 250 cm³/mol. The molecule has 0 radical (unpaired) electrons. The fourth-order valence-electron chi connectivity index (χ4n) is 9.46. The second-order valence-electron chi connectivity index (χ2n) is 16.0. The van der Waals surface area contributed by atoms with E-state index in [-0.39, 0.29) is 0 Å². The number of fused-ring (bicyclic) bond motifs is 2. The van der Waals surface area contributed by atoms with E-state index >= 15 is 0 Å². The van der Waals surface area contributed by atoms with Gasteiger partial charge in [0.25, 0.3) is 0 Å². The van der Waals surface area contributed by atoms with Gasteiger partial charge in [-0.05, 0) is 156 Å². The molecule has 0 N–H and O–H groups in total. The maximum Gasteiger partial charge on any atom is 0.0467 e. The molecule has 0 amide bonds. The van der Waals surface area contributed by atoms with Gasteiger partial charge in [0.05, 0.1) is 0 Å². The summed E-state index contributed by atoms with van der Waals surface area (Å²) < 4.78 is 0. The molecule has 0 aliphatic heterocycles. The van der Waals surface area contributed by atoms with Gasteiger partial charge in [0.2, 0.25) is 0 Å². The third-order valence-corrected chi connectivity index (χ3v) is 12.1. The van der Waals surface area contributed by atoms with Gasteiger partial charge in [-0.1, -0.05) is 163 Å². The van der Waals surface area contributed by atoms with Crippen molar-refractivity contribution in [3.05, 3.63) is 211 Å². The molecule has 0 bridgehead atoms. The fraction of sp³-hybridized carbons (Fsp3) is 0.0526. The summed E-state index contributed by atoms with van der Waals surface area (Å²) in [5.74, 6) is 0. The molecular weight excluding hydrogens is 699 g/mol. The largest absolute Gasteiger partial charge is 0.310 e. The Balaban J connectivity index is 1.12. The van der Waals surface area contributed by atoms with Crippen molar-refractivity contribution in [3.63, 3.8) is 0 Å². The second kappa shape index (κ2) is 13.5. The highest BCUT2D eigenvalue weighted by molar-refractivity contribution is 6.26. The van der Waals surface area contributed by atoms with Crippen LogP contribution in [0.15, 0.2) is 194 Å². The third kappa shape index (κ3) is 5.54. The van der Waals surface area contributed by atoms with Crippen molar-refractivity contribution in [2.45, 2.75) is 20.8 Å². The molecule has 0 spiro atoms. The second-order valence-corrected chi connectivity index (χ2v) is 16.0. The Morgan fingerprint density at radius 1 is 0.293 bits per heavy atom. The fourth-order valence-corrected chi connectivity index (χ4v) is 9.46. The van der Waals surface area contributed by atoms with Gasteiger partial charge in [0.1, 0.15) is 0 Å². The minimum absolute atomic E-state index is 1.12. The lowest BCUT2D eigenvalue weighted by Crippen LogP contribution is -2.10. The standard InChI is InChI=1S/C57H41N/c1-36-18-26-45(27-19-36)58(46-28-20-37(2)21-29-46)47-13-9-12-42(35-47)55-49-14-4-6-16-51(49)56(52-17-7-5-15-50(52)55)44-33-38(3)32-43(34-44)48-30-24-41-23-22-39-10-8-11-40-25-31-53(48)57(41)54(39)40/h4-35H,1-3H3. The zero-order chi connectivity index (χ0) is 38.9. The minimum Gasteiger partial charge on any atom is -0.310 e. The molecule has 0 saturated carbocycles. The zero-order valence-corrected chi connectivity index (χ0v) is 32.9. The van der Waals surface area contributed by atoms with Gasteiger partial charge in [0.15, 0.2) is 0 Å². The average Bonchev–Trinajstić information content (AvgIpc) is 3.26. The van der Waals surface area contributed by atoms with Crippen LogP contribution in [0.25, 0.3) is 87.2 Å². The molecule has 0 atom stereocenters. The predicted octanol–water partition coefficient (Wildman–Crippen LogP) is 16.3. The molecule has 1 nitrogen and oxygen atoms in total. The van der Waals surface area contributed by atoms with E-state index in [9.17, 15) is 0 Å². The van der Waals surface area contributed by atoms with E-state index in [0.717, 1.165) is 17.1 Å². The molecule has 0 aliphatic carbocycles. The number of benzene rings is 11. The number of hydrogen-bond acceptors (Lipinski definition) is 1. The molecule has 58 heavy (non-hydrogen) atoms. The summed E-state index contributed by atoms with van der Waals surface area (Å²) in [5, 5.41) is 12.9. The van der Waals surface area contributed by atoms with Crippen LogP contribution in [0.2, 0.25) is 0 Å². The van der Waals surface area contributed by atoms with E-state index in [1.54, 1.807) is 0 Å². The van der Waals surface area contributed by atoms with Crippen LogP contribution in [-0.4, -0.2) is 0 Å². The average molecular weight is 740 g/mol. The van der Waals surface area contributed by atoms with Crippen LogP contribution in [0.5, 0.6) is 0 Å². The summed E-state index contributed by atoms with van der Waals surface area (Å²) in [6.45, 7) is 6.52. The van der Waals surface area contributed by atoms with Crippen molar-refractivity contribution in [3.8, 4) is 33.4 Å². The quantitative estimate of drug-likeness (QED) is 0.121. The molecule has 11 aromatic carbocycles. The maximum atomic E-state index is 2.43. The van der Waals surface area contributed by atoms with Crippen molar-refractivity contribution in [1.82, 2.24) is 0 Å². The molecule has 274 valence electrons. The van der Waals surface area contributed by atoms with Crippen LogP contribution >= 0.6 is 0 Å². The Morgan fingerprint density at radius 2 is 0.793 bits per heavy atom. The van der Waals surface area contributed by atoms with E-state index in [0.29, 0.717) is 0 Å². The van der Waals surface area contributed by atoms with Crippen LogP contribution in [0.1, 0.15) is 16.7 Å². The number of hydrogen-bond donors (Lipinski definition) is 0. The van der Waals surface area contributed by atoms with E-state index < -0.39 is 0 Å². The number of nitrogens with zero attached hydrogens (tertiary/aromatic N) is 1. The first-order valence-corrected chi connectivity index (χ1v) is 20.2. The van der Waals surface area contributed by atoms with Crippen LogP contribution in [-0.2, 0) is 0 Å². The smallest absolute Gasteiger partial charge is 0.0467 e. The van der Waals surface area contributed by atoms with E-state index in [1.807, 2.05) is 0 Å². The van der Waals surface area contributed by atoms with E-state index in [1.165, 1.54) is 104 Å². The Hall–Kier alpha value is -7.22. The third-order valence-electron chi connectivity index (χ3n) is 12.1. The molecule has 11 aromatic rings. The Morgan fingerprint density at radius 3 is 1.40 bits per heavy atom. The van der Waals surface area contributed by atoms with Crippen molar-refractivity contribution < 1.29 is 0 Å². The van der Waals surface area contributed by atoms with Crippen LogP contribution in [0, 0.1) is 20.8 Å². The highest BCUT2D eigenvalue weighted by Crippen LogP contribution is 2.47. The number of rotatable bonds is 6. The van der Waals surface area contributed by atoms with Crippen LogP contribution in [0.4, 0.5) is 17.1 Å². The van der Waals surface area contributed by atoms with Gasteiger partial charge in [-0.2, -0.15) is 0 Å². The molecule has 0 heterocycles. The molecule has 0 fully saturated rings. The van der Waals surface area contributed by atoms with Gasteiger partial charge in [0, 0.05) is 17.1 Å². The van der Waals surface area contributed by atoms with E-state index in [4.69, 9.17) is 0 Å². The lowest BCUT2D eigenvalue weighted by molar-refractivity contribution is 1.27. The van der Waals surface area contributed by atoms with E-state index in [2.05, 4.69) is 220 Å². The molecule has 0 aliphatic rings. The van der Waals surface area contributed by atoms with Gasteiger partial charge in [-0.3, -0.25) is 0 Å².